The summed E-state index contributed by atoms with van der Waals surface area (Å²) in [5, 5.41) is 4.88. The average molecular weight is 298 g/mol. The van der Waals surface area contributed by atoms with Crippen molar-refractivity contribution in [3.05, 3.63) is 58.0 Å². The van der Waals surface area contributed by atoms with Crippen LogP contribution in [-0.2, 0) is 12.8 Å². The van der Waals surface area contributed by atoms with Crippen LogP contribution in [0.5, 0.6) is 0 Å². The minimum atomic E-state index is 0.258. The van der Waals surface area contributed by atoms with Crippen LogP contribution in [0.25, 0.3) is 0 Å². The molecule has 1 unspecified atom stereocenters. The fraction of sp³-hybridized carbons (Fsp3) is 0.333. The molecule has 1 aromatic heterocycles. The third kappa shape index (κ3) is 4.00. The van der Waals surface area contributed by atoms with Crippen molar-refractivity contribution in [2.24, 2.45) is 0 Å². The molecule has 19 heavy (non-hydrogen) atoms. The predicted molar refractivity (Wildman–Crippen MR) is 80.0 cm³/mol. The van der Waals surface area contributed by atoms with Crippen molar-refractivity contribution in [2.75, 3.05) is 6.54 Å². The largest absolute Gasteiger partial charge is 0.469 e. The molecule has 0 aliphatic rings. The predicted octanol–water partition coefficient (Wildman–Crippen LogP) is 4.35. The van der Waals surface area contributed by atoms with E-state index in [1.165, 1.54) is 0 Å². The van der Waals surface area contributed by atoms with E-state index in [4.69, 9.17) is 27.6 Å². The summed E-state index contributed by atoms with van der Waals surface area (Å²) in [6, 6.07) is 9.76. The highest BCUT2D eigenvalue weighted by Crippen LogP contribution is 2.26. The quantitative estimate of drug-likeness (QED) is 0.857. The van der Waals surface area contributed by atoms with E-state index in [1.807, 2.05) is 30.3 Å². The summed E-state index contributed by atoms with van der Waals surface area (Å²) in [6.45, 7) is 2.98. The van der Waals surface area contributed by atoms with Crippen molar-refractivity contribution in [2.45, 2.75) is 25.8 Å². The van der Waals surface area contributed by atoms with E-state index >= 15 is 0 Å². The maximum atomic E-state index is 6.22. The number of rotatable bonds is 6. The van der Waals surface area contributed by atoms with Gasteiger partial charge in [0, 0.05) is 22.5 Å². The average Bonchev–Trinajstić information content (AvgIpc) is 2.87. The lowest BCUT2D eigenvalue weighted by molar-refractivity contribution is 0.444. The third-order valence-electron chi connectivity index (χ3n) is 3.03. The number of nitrogens with one attached hydrogen (secondary N) is 1. The van der Waals surface area contributed by atoms with Crippen LogP contribution in [0.3, 0.4) is 0 Å². The number of benzene rings is 1. The summed E-state index contributed by atoms with van der Waals surface area (Å²) in [7, 11) is 0. The highest BCUT2D eigenvalue weighted by molar-refractivity contribution is 6.36. The summed E-state index contributed by atoms with van der Waals surface area (Å²) in [6.07, 6.45) is 3.30. The number of hydrogen-bond donors (Lipinski definition) is 1. The highest BCUT2D eigenvalue weighted by atomic mass is 35.5. The number of hydrogen-bond acceptors (Lipinski definition) is 2. The molecule has 0 spiro atoms. The Labute approximate surface area is 123 Å². The minimum Gasteiger partial charge on any atom is -0.469 e. The summed E-state index contributed by atoms with van der Waals surface area (Å²) in [5.74, 6) is 0.967. The maximum Gasteiger partial charge on any atom is 0.105 e. The molecule has 1 N–H and O–H groups in total. The summed E-state index contributed by atoms with van der Waals surface area (Å²) in [4.78, 5) is 0. The van der Waals surface area contributed by atoms with Gasteiger partial charge in [-0.05, 0) is 42.8 Å². The van der Waals surface area contributed by atoms with Crippen LogP contribution in [0.4, 0.5) is 0 Å². The summed E-state index contributed by atoms with van der Waals surface area (Å²) < 4.78 is 5.40. The van der Waals surface area contributed by atoms with E-state index in [9.17, 15) is 0 Å². The van der Waals surface area contributed by atoms with Crippen LogP contribution in [0.2, 0.25) is 10.0 Å². The fourth-order valence-corrected chi connectivity index (χ4v) is 2.70. The molecule has 2 rings (SSSR count). The number of halogens is 2. The molecule has 1 heterocycles. The maximum absolute atomic E-state index is 6.22. The smallest absolute Gasteiger partial charge is 0.105 e. The van der Waals surface area contributed by atoms with Crippen molar-refractivity contribution >= 4 is 23.2 Å². The van der Waals surface area contributed by atoms with Crippen LogP contribution in [0, 0.1) is 0 Å². The van der Waals surface area contributed by atoms with Gasteiger partial charge in [-0.2, -0.15) is 0 Å². The molecule has 0 saturated carbocycles. The molecule has 1 atom stereocenters. The van der Waals surface area contributed by atoms with Gasteiger partial charge < -0.3 is 9.73 Å². The minimum absolute atomic E-state index is 0.258. The summed E-state index contributed by atoms with van der Waals surface area (Å²) >= 11 is 12.4. The number of furan rings is 1. The van der Waals surface area contributed by atoms with Gasteiger partial charge in [0.2, 0.25) is 0 Å². The Morgan fingerprint density at radius 1 is 1.11 bits per heavy atom. The van der Waals surface area contributed by atoms with Crippen molar-refractivity contribution in [1.29, 1.82) is 0 Å². The second-order valence-corrected chi connectivity index (χ2v) is 5.26. The SMILES string of the molecule is CCNC(Cc1ccco1)Cc1c(Cl)cccc1Cl. The molecule has 0 aliphatic carbocycles. The first kappa shape index (κ1) is 14.4. The molecule has 0 amide bonds. The van der Waals surface area contributed by atoms with E-state index < -0.39 is 0 Å². The first-order valence-corrected chi connectivity index (χ1v) is 7.15. The van der Waals surface area contributed by atoms with Crippen LogP contribution < -0.4 is 5.32 Å². The third-order valence-corrected chi connectivity index (χ3v) is 3.74. The molecule has 2 nitrogen and oxygen atoms in total. The molecular weight excluding hydrogens is 281 g/mol. The normalized spacial score (nSPS) is 12.6. The molecule has 4 heteroatoms. The molecule has 0 radical (unpaired) electrons. The van der Waals surface area contributed by atoms with Gasteiger partial charge in [0.25, 0.3) is 0 Å². The van der Waals surface area contributed by atoms with Crippen molar-refractivity contribution < 1.29 is 4.42 Å². The monoisotopic (exact) mass is 297 g/mol. The fourth-order valence-electron chi connectivity index (χ4n) is 2.15. The Balaban J connectivity index is 2.12. The zero-order valence-corrected chi connectivity index (χ0v) is 12.3. The van der Waals surface area contributed by atoms with Gasteiger partial charge in [0.15, 0.2) is 0 Å². The van der Waals surface area contributed by atoms with E-state index in [0.717, 1.165) is 40.8 Å². The van der Waals surface area contributed by atoms with Crippen LogP contribution >= 0.6 is 23.2 Å². The van der Waals surface area contributed by atoms with Gasteiger partial charge in [0.1, 0.15) is 5.76 Å². The Bertz CT molecular complexity index is 491. The van der Waals surface area contributed by atoms with Crippen molar-refractivity contribution in [3.8, 4) is 0 Å². The Morgan fingerprint density at radius 3 is 2.42 bits per heavy atom. The Kier molecular flexibility index (Phi) is 5.32. The molecule has 102 valence electrons. The second-order valence-electron chi connectivity index (χ2n) is 4.44. The standard InChI is InChI=1S/C15H17Cl2NO/c1-2-18-11(9-12-5-4-8-19-12)10-13-14(16)6-3-7-15(13)17/h3-8,11,18H,2,9-10H2,1H3. The van der Waals surface area contributed by atoms with Crippen LogP contribution in [0.15, 0.2) is 41.0 Å². The molecule has 2 aromatic rings. The molecule has 0 saturated heterocycles. The molecule has 0 bridgehead atoms. The van der Waals surface area contributed by atoms with Crippen molar-refractivity contribution in [1.82, 2.24) is 5.32 Å². The number of likely N-dealkylation sites (N-methyl/N-ethyl adjacent to an activating group) is 1. The van der Waals surface area contributed by atoms with E-state index in [0.29, 0.717) is 0 Å². The van der Waals surface area contributed by atoms with Gasteiger partial charge in [-0.15, -0.1) is 0 Å². The topological polar surface area (TPSA) is 25.2 Å². The van der Waals surface area contributed by atoms with Gasteiger partial charge in [-0.1, -0.05) is 36.2 Å². The van der Waals surface area contributed by atoms with Gasteiger partial charge in [0.05, 0.1) is 6.26 Å². The van der Waals surface area contributed by atoms with Crippen molar-refractivity contribution in [3.63, 3.8) is 0 Å². The lowest BCUT2D eigenvalue weighted by atomic mass is 10.0. The second kappa shape index (κ2) is 6.99. The molecule has 1 aromatic carbocycles. The van der Waals surface area contributed by atoms with Crippen LogP contribution in [0.1, 0.15) is 18.2 Å². The molecule has 0 fully saturated rings. The lowest BCUT2D eigenvalue weighted by Gasteiger charge is -2.18. The zero-order chi connectivity index (χ0) is 13.7. The van der Waals surface area contributed by atoms with Crippen LogP contribution in [-0.4, -0.2) is 12.6 Å². The molecular formula is C15H17Cl2NO. The first-order valence-electron chi connectivity index (χ1n) is 6.39. The van der Waals surface area contributed by atoms with E-state index in [1.54, 1.807) is 6.26 Å². The zero-order valence-electron chi connectivity index (χ0n) is 10.8. The first-order chi connectivity index (χ1) is 9.20. The van der Waals surface area contributed by atoms with Gasteiger partial charge in [-0.25, -0.2) is 0 Å². The van der Waals surface area contributed by atoms with E-state index in [-0.39, 0.29) is 6.04 Å². The molecule has 0 aliphatic heterocycles. The van der Waals surface area contributed by atoms with E-state index in [2.05, 4.69) is 12.2 Å². The highest BCUT2D eigenvalue weighted by Gasteiger charge is 2.15. The van der Waals surface area contributed by atoms with Gasteiger partial charge in [-0.3, -0.25) is 0 Å². The van der Waals surface area contributed by atoms with Gasteiger partial charge >= 0.3 is 0 Å². The Hall–Kier alpha value is -0.960. The lowest BCUT2D eigenvalue weighted by Crippen LogP contribution is -2.33. The Morgan fingerprint density at radius 2 is 1.84 bits per heavy atom. The summed E-state index contributed by atoms with van der Waals surface area (Å²) in [5.41, 5.74) is 0.989.